The molecule has 1 aromatic heterocycles. The lowest BCUT2D eigenvalue weighted by atomic mass is 10.1. The van der Waals surface area contributed by atoms with Crippen LogP contribution in [0.2, 0.25) is 0 Å². The summed E-state index contributed by atoms with van der Waals surface area (Å²) in [5.74, 6) is -0.563. The highest BCUT2D eigenvalue weighted by Crippen LogP contribution is 2.27. The third-order valence-electron chi connectivity index (χ3n) is 4.33. The molecule has 0 fully saturated rings. The standard InChI is InChI=1S/C22H18N2O3/c25-22(26)17-8-4-7-16(13-17)21-24-19-10-9-18(14-20(19)27-21)23-12-11-15-5-2-1-3-6-15/h1-10,13-14,23H,11-12H2,(H,25,26). The quantitative estimate of drug-likeness (QED) is 0.515. The number of aromatic carboxylic acids is 1. The molecule has 0 amide bonds. The van der Waals surface area contributed by atoms with Gasteiger partial charge in [0.15, 0.2) is 5.58 Å². The Morgan fingerprint density at radius 3 is 2.67 bits per heavy atom. The van der Waals surface area contributed by atoms with Crippen LogP contribution in [-0.4, -0.2) is 22.6 Å². The fraction of sp³-hybridized carbons (Fsp3) is 0.0909. The fourth-order valence-corrected chi connectivity index (χ4v) is 2.94. The first-order valence-electron chi connectivity index (χ1n) is 8.71. The van der Waals surface area contributed by atoms with Crippen molar-refractivity contribution in [1.29, 1.82) is 0 Å². The minimum absolute atomic E-state index is 0.207. The Labute approximate surface area is 156 Å². The molecule has 134 valence electrons. The van der Waals surface area contributed by atoms with E-state index < -0.39 is 5.97 Å². The highest BCUT2D eigenvalue weighted by atomic mass is 16.4. The molecule has 0 aliphatic carbocycles. The molecular weight excluding hydrogens is 340 g/mol. The van der Waals surface area contributed by atoms with Crippen molar-refractivity contribution in [1.82, 2.24) is 4.98 Å². The summed E-state index contributed by atoms with van der Waals surface area (Å²) in [5.41, 5.74) is 4.49. The van der Waals surface area contributed by atoms with Crippen LogP contribution in [0, 0.1) is 0 Å². The number of carbonyl (C=O) groups is 1. The van der Waals surface area contributed by atoms with Gasteiger partial charge in [-0.25, -0.2) is 9.78 Å². The number of anilines is 1. The van der Waals surface area contributed by atoms with Crippen LogP contribution < -0.4 is 5.32 Å². The summed E-state index contributed by atoms with van der Waals surface area (Å²) in [6.07, 6.45) is 0.933. The lowest BCUT2D eigenvalue weighted by molar-refractivity contribution is 0.0697. The smallest absolute Gasteiger partial charge is 0.335 e. The topological polar surface area (TPSA) is 75.4 Å². The molecule has 0 atom stereocenters. The van der Waals surface area contributed by atoms with E-state index >= 15 is 0 Å². The van der Waals surface area contributed by atoms with Crippen molar-refractivity contribution in [2.24, 2.45) is 0 Å². The molecule has 27 heavy (non-hydrogen) atoms. The van der Waals surface area contributed by atoms with Crippen molar-refractivity contribution in [3.8, 4) is 11.5 Å². The van der Waals surface area contributed by atoms with E-state index in [0.717, 1.165) is 24.2 Å². The highest BCUT2D eigenvalue weighted by Gasteiger charge is 2.11. The van der Waals surface area contributed by atoms with Crippen LogP contribution in [0.25, 0.3) is 22.6 Å². The Kier molecular flexibility index (Phi) is 4.58. The van der Waals surface area contributed by atoms with Crippen LogP contribution in [0.4, 0.5) is 5.69 Å². The maximum absolute atomic E-state index is 11.1. The number of hydrogen-bond donors (Lipinski definition) is 2. The molecule has 0 spiro atoms. The molecular formula is C22H18N2O3. The Morgan fingerprint density at radius 2 is 1.85 bits per heavy atom. The maximum atomic E-state index is 11.1. The summed E-state index contributed by atoms with van der Waals surface area (Å²) in [4.78, 5) is 15.6. The number of fused-ring (bicyclic) bond motifs is 1. The van der Waals surface area contributed by atoms with Gasteiger partial charge >= 0.3 is 5.97 Å². The number of aromatic nitrogens is 1. The van der Waals surface area contributed by atoms with E-state index in [-0.39, 0.29) is 5.56 Å². The number of carboxylic acid groups (broad SMARTS) is 1. The SMILES string of the molecule is O=C(O)c1cccc(-c2nc3ccc(NCCc4ccccc4)cc3o2)c1. The molecule has 5 nitrogen and oxygen atoms in total. The normalized spacial score (nSPS) is 10.8. The number of benzene rings is 3. The summed E-state index contributed by atoms with van der Waals surface area (Å²) in [5, 5.41) is 12.5. The summed E-state index contributed by atoms with van der Waals surface area (Å²) in [6.45, 7) is 0.817. The number of nitrogens with one attached hydrogen (secondary N) is 1. The molecule has 0 aliphatic heterocycles. The first-order valence-corrected chi connectivity index (χ1v) is 8.71. The van der Waals surface area contributed by atoms with Crippen molar-refractivity contribution < 1.29 is 14.3 Å². The van der Waals surface area contributed by atoms with E-state index in [9.17, 15) is 4.79 Å². The average Bonchev–Trinajstić information content (AvgIpc) is 3.12. The molecule has 4 aromatic rings. The van der Waals surface area contributed by atoms with Gasteiger partial charge in [-0.15, -0.1) is 0 Å². The van der Waals surface area contributed by atoms with E-state index in [2.05, 4.69) is 22.4 Å². The van der Waals surface area contributed by atoms with Crippen LogP contribution in [0.1, 0.15) is 15.9 Å². The average molecular weight is 358 g/mol. The first kappa shape index (κ1) is 16.8. The zero-order valence-electron chi connectivity index (χ0n) is 14.6. The third kappa shape index (κ3) is 3.82. The zero-order chi connectivity index (χ0) is 18.6. The number of hydrogen-bond acceptors (Lipinski definition) is 4. The van der Waals surface area contributed by atoms with Gasteiger partial charge in [0, 0.05) is 23.9 Å². The van der Waals surface area contributed by atoms with Gasteiger partial charge in [0.05, 0.1) is 5.56 Å². The summed E-state index contributed by atoms with van der Waals surface area (Å²) in [7, 11) is 0. The van der Waals surface area contributed by atoms with Crippen molar-refractivity contribution in [2.45, 2.75) is 6.42 Å². The molecule has 0 unspecified atom stereocenters. The van der Waals surface area contributed by atoms with Crippen molar-refractivity contribution >= 4 is 22.8 Å². The lowest BCUT2D eigenvalue weighted by Gasteiger charge is -2.06. The Bertz CT molecular complexity index is 1090. The van der Waals surface area contributed by atoms with Gasteiger partial charge in [0.25, 0.3) is 0 Å². The van der Waals surface area contributed by atoms with Gasteiger partial charge < -0.3 is 14.8 Å². The van der Waals surface area contributed by atoms with Crippen LogP contribution >= 0.6 is 0 Å². The van der Waals surface area contributed by atoms with Gasteiger partial charge in [-0.1, -0.05) is 36.4 Å². The number of nitrogens with zero attached hydrogens (tertiary/aromatic N) is 1. The van der Waals surface area contributed by atoms with Gasteiger partial charge in [-0.05, 0) is 42.3 Å². The number of carboxylic acids is 1. The molecule has 0 saturated carbocycles. The summed E-state index contributed by atoms with van der Waals surface area (Å²) in [6, 6.07) is 22.7. The molecule has 3 aromatic carbocycles. The highest BCUT2D eigenvalue weighted by molar-refractivity contribution is 5.89. The molecule has 4 rings (SSSR count). The minimum Gasteiger partial charge on any atom is -0.478 e. The third-order valence-corrected chi connectivity index (χ3v) is 4.33. The van der Waals surface area contributed by atoms with Crippen LogP contribution in [0.15, 0.2) is 77.2 Å². The molecule has 1 heterocycles. The molecule has 5 heteroatoms. The van der Waals surface area contributed by atoms with E-state index in [4.69, 9.17) is 9.52 Å². The van der Waals surface area contributed by atoms with Crippen LogP contribution in [-0.2, 0) is 6.42 Å². The summed E-state index contributed by atoms with van der Waals surface area (Å²) < 4.78 is 5.85. The largest absolute Gasteiger partial charge is 0.478 e. The lowest BCUT2D eigenvalue weighted by Crippen LogP contribution is -2.04. The predicted molar refractivity (Wildman–Crippen MR) is 105 cm³/mol. The second kappa shape index (κ2) is 7.33. The zero-order valence-corrected chi connectivity index (χ0v) is 14.6. The van der Waals surface area contributed by atoms with Gasteiger partial charge in [0.1, 0.15) is 5.52 Å². The van der Waals surface area contributed by atoms with Crippen LogP contribution in [0.5, 0.6) is 0 Å². The first-order chi connectivity index (χ1) is 13.2. The maximum Gasteiger partial charge on any atom is 0.335 e. The van der Waals surface area contributed by atoms with Crippen molar-refractivity contribution in [3.05, 3.63) is 83.9 Å². The molecule has 0 saturated heterocycles. The van der Waals surface area contributed by atoms with Crippen molar-refractivity contribution in [3.63, 3.8) is 0 Å². The Morgan fingerprint density at radius 1 is 1.00 bits per heavy atom. The van der Waals surface area contributed by atoms with E-state index in [1.807, 2.05) is 36.4 Å². The molecule has 2 N–H and O–H groups in total. The van der Waals surface area contributed by atoms with E-state index in [0.29, 0.717) is 17.0 Å². The predicted octanol–water partition coefficient (Wildman–Crippen LogP) is 4.85. The summed E-state index contributed by atoms with van der Waals surface area (Å²) >= 11 is 0. The fourth-order valence-electron chi connectivity index (χ4n) is 2.94. The second-order valence-corrected chi connectivity index (χ2v) is 6.25. The number of rotatable bonds is 6. The molecule has 0 aliphatic rings. The minimum atomic E-state index is -0.974. The number of oxazole rings is 1. The van der Waals surface area contributed by atoms with Crippen LogP contribution in [0.3, 0.4) is 0 Å². The van der Waals surface area contributed by atoms with E-state index in [1.165, 1.54) is 5.56 Å². The van der Waals surface area contributed by atoms with E-state index in [1.54, 1.807) is 24.3 Å². The van der Waals surface area contributed by atoms with Gasteiger partial charge in [-0.3, -0.25) is 0 Å². The van der Waals surface area contributed by atoms with Crippen molar-refractivity contribution in [2.75, 3.05) is 11.9 Å². The second-order valence-electron chi connectivity index (χ2n) is 6.25. The molecule has 0 radical (unpaired) electrons. The Hall–Kier alpha value is -3.60. The van der Waals surface area contributed by atoms with Gasteiger partial charge in [0.2, 0.25) is 5.89 Å². The monoisotopic (exact) mass is 358 g/mol. The molecule has 0 bridgehead atoms. The Balaban J connectivity index is 1.51. The van der Waals surface area contributed by atoms with Gasteiger partial charge in [-0.2, -0.15) is 0 Å².